The van der Waals surface area contributed by atoms with Crippen LogP contribution in [0.2, 0.25) is 0 Å². The van der Waals surface area contributed by atoms with Gasteiger partial charge in [-0.05, 0) is 55.5 Å². The Hall–Kier alpha value is -3.67. The van der Waals surface area contributed by atoms with Crippen LogP contribution in [0.25, 0.3) is 0 Å². The van der Waals surface area contributed by atoms with Crippen molar-refractivity contribution in [2.45, 2.75) is 6.92 Å². The zero-order valence-corrected chi connectivity index (χ0v) is 15.3. The highest BCUT2D eigenvalue weighted by atomic mass is 19.1. The van der Waals surface area contributed by atoms with Gasteiger partial charge in [-0.25, -0.2) is 4.39 Å². The van der Waals surface area contributed by atoms with Crippen LogP contribution in [0.5, 0.6) is 0 Å². The van der Waals surface area contributed by atoms with Gasteiger partial charge in [0, 0.05) is 17.1 Å². The molecule has 0 atom stereocenters. The van der Waals surface area contributed by atoms with Gasteiger partial charge < -0.3 is 16.0 Å². The molecule has 6 heteroatoms. The highest BCUT2D eigenvalue weighted by Crippen LogP contribution is 2.18. The van der Waals surface area contributed by atoms with E-state index in [0.717, 1.165) is 5.56 Å². The molecule has 2 amide bonds. The van der Waals surface area contributed by atoms with Crippen LogP contribution >= 0.6 is 0 Å². The summed E-state index contributed by atoms with van der Waals surface area (Å²) in [7, 11) is 0. The summed E-state index contributed by atoms with van der Waals surface area (Å²) in [6.07, 6.45) is 0. The van der Waals surface area contributed by atoms with E-state index in [0.29, 0.717) is 22.6 Å². The first-order chi connectivity index (χ1) is 13.5. The Morgan fingerprint density at radius 1 is 0.821 bits per heavy atom. The maximum Gasteiger partial charge on any atom is 0.257 e. The molecule has 0 aliphatic carbocycles. The molecule has 0 saturated carbocycles. The lowest BCUT2D eigenvalue weighted by molar-refractivity contribution is -0.114. The molecule has 142 valence electrons. The number of carbonyl (C=O) groups is 2. The van der Waals surface area contributed by atoms with Gasteiger partial charge in [0.05, 0.1) is 12.1 Å². The van der Waals surface area contributed by atoms with Crippen molar-refractivity contribution >= 4 is 28.9 Å². The van der Waals surface area contributed by atoms with Crippen molar-refractivity contribution in [1.82, 2.24) is 0 Å². The van der Waals surface area contributed by atoms with Crippen LogP contribution in [-0.4, -0.2) is 18.4 Å². The highest BCUT2D eigenvalue weighted by molar-refractivity contribution is 6.08. The lowest BCUT2D eigenvalue weighted by Gasteiger charge is -2.12. The minimum atomic E-state index is -0.371. The van der Waals surface area contributed by atoms with Crippen molar-refractivity contribution < 1.29 is 14.0 Å². The predicted octanol–water partition coefficient (Wildman–Crippen LogP) is 4.44. The fourth-order valence-electron chi connectivity index (χ4n) is 2.58. The summed E-state index contributed by atoms with van der Waals surface area (Å²) < 4.78 is 12.9. The smallest absolute Gasteiger partial charge is 0.257 e. The van der Waals surface area contributed by atoms with Crippen LogP contribution in [-0.2, 0) is 4.79 Å². The summed E-state index contributed by atoms with van der Waals surface area (Å²) >= 11 is 0. The van der Waals surface area contributed by atoms with Crippen LogP contribution in [0.1, 0.15) is 15.9 Å². The summed E-state index contributed by atoms with van der Waals surface area (Å²) in [6.45, 7) is 1.94. The molecule has 0 bridgehead atoms. The van der Waals surface area contributed by atoms with Gasteiger partial charge in [0.15, 0.2) is 0 Å². The first-order valence-corrected chi connectivity index (χ1v) is 8.77. The zero-order chi connectivity index (χ0) is 19.9. The Morgan fingerprint density at radius 3 is 2.14 bits per heavy atom. The molecule has 5 nitrogen and oxygen atoms in total. The lowest BCUT2D eigenvalue weighted by Crippen LogP contribution is -2.23. The number of para-hydroxylation sites is 1. The molecule has 0 aliphatic rings. The summed E-state index contributed by atoms with van der Waals surface area (Å²) in [5.41, 5.74) is 3.27. The third-order valence-electron chi connectivity index (χ3n) is 4.05. The third kappa shape index (κ3) is 5.17. The highest BCUT2D eigenvalue weighted by Gasteiger charge is 2.12. The number of carbonyl (C=O) groups excluding carboxylic acids is 2. The van der Waals surface area contributed by atoms with Gasteiger partial charge in [0.1, 0.15) is 5.82 Å². The number of amides is 2. The molecule has 0 saturated heterocycles. The fraction of sp³-hybridized carbons (Fsp3) is 0.0909. The maximum absolute atomic E-state index is 12.9. The van der Waals surface area contributed by atoms with Crippen molar-refractivity contribution in [1.29, 1.82) is 0 Å². The molecule has 0 aromatic heterocycles. The Labute approximate surface area is 162 Å². The van der Waals surface area contributed by atoms with Gasteiger partial charge >= 0.3 is 0 Å². The van der Waals surface area contributed by atoms with E-state index >= 15 is 0 Å². The number of aryl methyl sites for hydroxylation is 1. The normalized spacial score (nSPS) is 10.2. The molecular weight excluding hydrogens is 357 g/mol. The number of nitrogens with one attached hydrogen (secondary N) is 3. The minimum absolute atomic E-state index is 0.0355. The molecule has 3 N–H and O–H groups in total. The molecule has 28 heavy (non-hydrogen) atoms. The molecule has 0 radical (unpaired) electrons. The average molecular weight is 377 g/mol. The molecule has 3 aromatic rings. The van der Waals surface area contributed by atoms with E-state index < -0.39 is 0 Å². The summed E-state index contributed by atoms with van der Waals surface area (Å²) in [6, 6.07) is 20.0. The molecule has 0 unspecified atom stereocenters. The number of anilines is 3. The number of hydrogen-bond acceptors (Lipinski definition) is 3. The van der Waals surface area contributed by atoms with Crippen LogP contribution in [0, 0.1) is 12.7 Å². The number of rotatable bonds is 6. The second-order valence-corrected chi connectivity index (χ2v) is 6.27. The van der Waals surface area contributed by atoms with Crippen LogP contribution < -0.4 is 16.0 Å². The standard InChI is InChI=1S/C22H20FN3O2/c1-15-6-10-18(11-7-15)26-22(28)19-4-2-3-5-20(19)24-14-21(27)25-17-12-8-16(23)9-13-17/h2-13,24H,14H2,1H3,(H,25,27)(H,26,28). The summed E-state index contributed by atoms with van der Waals surface area (Å²) in [5.74, 6) is -0.948. The van der Waals surface area contributed by atoms with Crippen molar-refractivity contribution in [2.75, 3.05) is 22.5 Å². The van der Waals surface area contributed by atoms with Gasteiger partial charge in [-0.1, -0.05) is 29.8 Å². The van der Waals surface area contributed by atoms with E-state index in [1.54, 1.807) is 24.3 Å². The Balaban J connectivity index is 1.63. The lowest BCUT2D eigenvalue weighted by atomic mass is 10.1. The van der Waals surface area contributed by atoms with E-state index in [1.165, 1.54) is 24.3 Å². The first-order valence-electron chi connectivity index (χ1n) is 8.77. The van der Waals surface area contributed by atoms with Gasteiger partial charge in [-0.15, -0.1) is 0 Å². The number of hydrogen-bond donors (Lipinski definition) is 3. The van der Waals surface area contributed by atoms with Gasteiger partial charge in [0.25, 0.3) is 5.91 Å². The van der Waals surface area contributed by atoms with Crippen LogP contribution in [0.15, 0.2) is 72.8 Å². The Kier molecular flexibility index (Phi) is 6.01. The third-order valence-corrected chi connectivity index (χ3v) is 4.05. The topological polar surface area (TPSA) is 70.2 Å². The van der Waals surface area contributed by atoms with Crippen molar-refractivity contribution in [3.8, 4) is 0 Å². The van der Waals surface area contributed by atoms with E-state index in [4.69, 9.17) is 0 Å². The van der Waals surface area contributed by atoms with Gasteiger partial charge in [0.2, 0.25) is 5.91 Å². The molecule has 0 fully saturated rings. The molecule has 3 rings (SSSR count). The minimum Gasteiger partial charge on any atom is -0.376 e. The predicted molar refractivity (Wildman–Crippen MR) is 109 cm³/mol. The van der Waals surface area contributed by atoms with Gasteiger partial charge in [-0.2, -0.15) is 0 Å². The van der Waals surface area contributed by atoms with Crippen molar-refractivity contribution in [3.05, 3.63) is 89.7 Å². The Morgan fingerprint density at radius 2 is 1.43 bits per heavy atom. The monoisotopic (exact) mass is 377 g/mol. The quantitative estimate of drug-likeness (QED) is 0.595. The molecule has 0 spiro atoms. The summed E-state index contributed by atoms with van der Waals surface area (Å²) in [5, 5.41) is 8.48. The second-order valence-electron chi connectivity index (χ2n) is 6.27. The molecular formula is C22H20FN3O2. The largest absolute Gasteiger partial charge is 0.376 e. The molecule has 0 aliphatic heterocycles. The van der Waals surface area contributed by atoms with Crippen molar-refractivity contribution in [3.63, 3.8) is 0 Å². The average Bonchev–Trinajstić information content (AvgIpc) is 2.70. The van der Waals surface area contributed by atoms with Gasteiger partial charge in [-0.3, -0.25) is 9.59 Å². The Bertz CT molecular complexity index is 970. The fourth-order valence-corrected chi connectivity index (χ4v) is 2.58. The zero-order valence-electron chi connectivity index (χ0n) is 15.3. The number of benzene rings is 3. The van der Waals surface area contributed by atoms with E-state index in [2.05, 4.69) is 16.0 Å². The molecule has 3 aromatic carbocycles. The van der Waals surface area contributed by atoms with Crippen LogP contribution in [0.4, 0.5) is 21.5 Å². The van der Waals surface area contributed by atoms with E-state index in [1.807, 2.05) is 31.2 Å². The SMILES string of the molecule is Cc1ccc(NC(=O)c2ccccc2NCC(=O)Nc2ccc(F)cc2)cc1. The second kappa shape index (κ2) is 8.81. The summed E-state index contributed by atoms with van der Waals surface area (Å²) in [4.78, 5) is 24.7. The number of halogens is 1. The maximum atomic E-state index is 12.9. The molecule has 0 heterocycles. The van der Waals surface area contributed by atoms with E-state index in [-0.39, 0.29) is 24.2 Å². The van der Waals surface area contributed by atoms with Crippen molar-refractivity contribution in [2.24, 2.45) is 0 Å². The first kappa shape index (κ1) is 19.1. The van der Waals surface area contributed by atoms with E-state index in [9.17, 15) is 14.0 Å². The van der Waals surface area contributed by atoms with Crippen LogP contribution in [0.3, 0.4) is 0 Å².